The van der Waals surface area contributed by atoms with E-state index in [9.17, 15) is 18.0 Å². The molecular weight excluding hydrogens is 468 g/mol. The number of carbonyl (C=O) groups is 2. The van der Waals surface area contributed by atoms with Gasteiger partial charge in [0.1, 0.15) is 12.4 Å². The average molecular weight is 491 g/mol. The number of carbonyl (C=O) groups excluding carboxylic acids is 2. The maximum Gasteiger partial charge on any atom is 0.345 e. The molecule has 174 valence electrons. The van der Waals surface area contributed by atoms with Crippen molar-refractivity contribution in [2.75, 3.05) is 18.5 Å². The van der Waals surface area contributed by atoms with Crippen LogP contribution in [0.1, 0.15) is 16.8 Å². The van der Waals surface area contributed by atoms with Crippen LogP contribution in [-0.4, -0.2) is 44.7 Å². The van der Waals surface area contributed by atoms with E-state index in [1.165, 1.54) is 35.6 Å². The lowest BCUT2D eigenvalue weighted by Crippen LogP contribution is -2.43. The van der Waals surface area contributed by atoms with E-state index in [-0.39, 0.29) is 10.5 Å². The second-order valence-corrected chi connectivity index (χ2v) is 9.25. The quantitative estimate of drug-likeness (QED) is 0.159. The zero-order valence-corrected chi connectivity index (χ0v) is 19.0. The Morgan fingerprint density at radius 2 is 1.82 bits per heavy atom. The van der Waals surface area contributed by atoms with Gasteiger partial charge < -0.3 is 20.5 Å². The number of anilines is 1. The van der Waals surface area contributed by atoms with Gasteiger partial charge in [0.15, 0.2) is 5.13 Å². The fourth-order valence-electron chi connectivity index (χ4n) is 2.62. The third-order valence-corrected chi connectivity index (χ3v) is 6.36. The molecule has 0 saturated carbocycles. The first-order valence-electron chi connectivity index (χ1n) is 9.78. The third kappa shape index (κ3) is 7.64. The van der Waals surface area contributed by atoms with Gasteiger partial charge in [0.05, 0.1) is 29.6 Å². The Morgan fingerprint density at radius 3 is 2.48 bits per heavy atom. The van der Waals surface area contributed by atoms with E-state index < -0.39 is 34.5 Å². The Morgan fingerprint density at radius 1 is 1.09 bits per heavy atom. The summed E-state index contributed by atoms with van der Waals surface area (Å²) in [5.74, 6) is -1.30. The summed E-state index contributed by atoms with van der Waals surface area (Å²) in [6.45, 7) is 0.943. The van der Waals surface area contributed by atoms with Gasteiger partial charge in [-0.2, -0.15) is 4.72 Å². The zero-order chi connectivity index (χ0) is 23.7. The van der Waals surface area contributed by atoms with Gasteiger partial charge >= 0.3 is 11.9 Å². The Bertz CT molecular complexity index is 1150. The molecule has 0 unspecified atom stereocenters. The minimum Gasteiger partial charge on any atom is -0.492 e. The predicted octanol–water partition coefficient (Wildman–Crippen LogP) is 1.97. The molecule has 0 fully saturated rings. The topological polar surface area (TPSA) is 150 Å². The lowest BCUT2D eigenvalue weighted by molar-refractivity contribution is -0.138. The largest absolute Gasteiger partial charge is 0.492 e. The van der Waals surface area contributed by atoms with Gasteiger partial charge in [-0.05, 0) is 36.4 Å². The summed E-state index contributed by atoms with van der Waals surface area (Å²) in [5.41, 5.74) is 5.83. The van der Waals surface area contributed by atoms with Crippen LogP contribution in [0, 0.1) is 0 Å². The summed E-state index contributed by atoms with van der Waals surface area (Å²) in [6.07, 6.45) is -0.0810. The number of nitrogens with two attached hydrogens (primary N) is 1. The fraction of sp³-hybridized carbons (Fsp3) is 0.190. The van der Waals surface area contributed by atoms with Crippen molar-refractivity contribution >= 4 is 38.4 Å². The second kappa shape index (κ2) is 11.5. The lowest BCUT2D eigenvalue weighted by Gasteiger charge is -2.13. The summed E-state index contributed by atoms with van der Waals surface area (Å²) >= 11 is 1.49. The van der Waals surface area contributed by atoms with Gasteiger partial charge in [-0.3, -0.25) is 4.79 Å². The number of sulfonamides is 1. The molecule has 0 bridgehead atoms. The Hall–Kier alpha value is -3.32. The number of hydrogen-bond acceptors (Lipinski definition) is 10. The molecule has 1 heterocycles. The number of rotatable bonds is 11. The number of benzene rings is 2. The van der Waals surface area contributed by atoms with Crippen molar-refractivity contribution in [1.82, 2.24) is 9.71 Å². The van der Waals surface area contributed by atoms with Crippen LogP contribution in [0.3, 0.4) is 0 Å². The minimum atomic E-state index is -3.90. The number of nitrogens with zero attached hydrogens (tertiary/aromatic N) is 1. The zero-order valence-electron chi connectivity index (χ0n) is 17.3. The minimum absolute atomic E-state index is 0.00571. The molecule has 1 atom stereocenters. The molecule has 3 aromatic rings. The molecule has 0 aliphatic rings. The van der Waals surface area contributed by atoms with Gasteiger partial charge in [0.25, 0.3) is 0 Å². The first-order chi connectivity index (χ1) is 15.8. The van der Waals surface area contributed by atoms with Crippen LogP contribution in [0.4, 0.5) is 5.13 Å². The lowest BCUT2D eigenvalue weighted by atomic mass is 10.2. The molecule has 12 heteroatoms. The highest BCUT2D eigenvalue weighted by molar-refractivity contribution is 7.89. The van der Waals surface area contributed by atoms with E-state index in [1.807, 2.05) is 5.38 Å². The van der Waals surface area contributed by atoms with E-state index in [0.29, 0.717) is 18.9 Å². The molecule has 3 rings (SSSR count). The third-order valence-electron chi connectivity index (χ3n) is 4.12. The molecule has 0 aliphatic heterocycles. The molecule has 0 saturated heterocycles. The summed E-state index contributed by atoms with van der Waals surface area (Å²) in [5, 5.41) is 5.77. The molecule has 33 heavy (non-hydrogen) atoms. The van der Waals surface area contributed by atoms with Crippen LogP contribution in [-0.2, 0) is 19.6 Å². The Balaban J connectivity index is 1.42. The van der Waals surface area contributed by atoms with Gasteiger partial charge in [-0.15, -0.1) is 11.3 Å². The van der Waals surface area contributed by atoms with Crippen molar-refractivity contribution in [3.8, 4) is 5.75 Å². The molecule has 1 aromatic heterocycles. The number of thiazole rings is 1. The number of nitrogens with one attached hydrogen (secondary N) is 2. The van der Waals surface area contributed by atoms with E-state index >= 15 is 0 Å². The van der Waals surface area contributed by atoms with E-state index in [0.717, 1.165) is 5.13 Å². The molecule has 0 amide bonds. The van der Waals surface area contributed by atoms with Crippen LogP contribution < -0.4 is 20.5 Å². The summed E-state index contributed by atoms with van der Waals surface area (Å²) in [4.78, 5) is 28.3. The standard InChI is InChI=1S/C21H22N4O6S2/c22-18(25-33(28,29)17-4-2-1-3-5-17)14-19(26)31-20(27)15-6-8-16(9-7-15)30-12-10-23-21-24-11-13-32-21/h1-9,11,13,18,25H,10,12,14,22H2,(H,23,24)/t18-/m0/s1. The fourth-order valence-corrected chi connectivity index (χ4v) is 4.31. The van der Waals surface area contributed by atoms with Gasteiger partial charge in [-0.1, -0.05) is 18.2 Å². The number of aromatic nitrogens is 1. The highest BCUT2D eigenvalue weighted by Gasteiger charge is 2.21. The van der Waals surface area contributed by atoms with Gasteiger partial charge in [0.2, 0.25) is 10.0 Å². The predicted molar refractivity (Wildman–Crippen MR) is 122 cm³/mol. The molecule has 4 N–H and O–H groups in total. The highest BCUT2D eigenvalue weighted by atomic mass is 32.2. The summed E-state index contributed by atoms with van der Waals surface area (Å²) in [7, 11) is -3.90. The SMILES string of the molecule is N[C@H](CC(=O)OC(=O)c1ccc(OCCNc2nccs2)cc1)NS(=O)(=O)c1ccccc1. The number of esters is 2. The van der Waals surface area contributed by atoms with Crippen molar-refractivity contribution in [1.29, 1.82) is 0 Å². The Labute approximate surface area is 194 Å². The van der Waals surface area contributed by atoms with Crippen LogP contribution in [0.2, 0.25) is 0 Å². The molecule has 0 spiro atoms. The number of hydrogen-bond donors (Lipinski definition) is 3. The molecule has 2 aromatic carbocycles. The molecular formula is C21H22N4O6S2. The smallest absolute Gasteiger partial charge is 0.345 e. The van der Waals surface area contributed by atoms with E-state index in [4.69, 9.17) is 15.2 Å². The van der Waals surface area contributed by atoms with E-state index in [2.05, 4.69) is 15.0 Å². The van der Waals surface area contributed by atoms with Crippen molar-refractivity contribution in [3.05, 3.63) is 71.7 Å². The molecule has 10 nitrogen and oxygen atoms in total. The Kier molecular flexibility index (Phi) is 8.49. The van der Waals surface area contributed by atoms with Gasteiger partial charge in [-0.25, -0.2) is 18.2 Å². The normalized spacial score (nSPS) is 12.0. The monoisotopic (exact) mass is 490 g/mol. The highest BCUT2D eigenvalue weighted by Crippen LogP contribution is 2.14. The van der Waals surface area contributed by atoms with E-state index in [1.54, 1.807) is 36.5 Å². The average Bonchev–Trinajstić information content (AvgIpc) is 3.31. The van der Waals surface area contributed by atoms with Crippen LogP contribution >= 0.6 is 11.3 Å². The van der Waals surface area contributed by atoms with Crippen molar-refractivity contribution in [2.24, 2.45) is 5.73 Å². The van der Waals surface area contributed by atoms with Gasteiger partial charge in [0, 0.05) is 11.6 Å². The maximum atomic E-state index is 12.2. The number of ether oxygens (including phenoxy) is 2. The van der Waals surface area contributed by atoms with Crippen molar-refractivity contribution < 1.29 is 27.5 Å². The second-order valence-electron chi connectivity index (χ2n) is 6.64. The van der Waals surface area contributed by atoms with Crippen LogP contribution in [0.25, 0.3) is 0 Å². The molecule has 0 aliphatic carbocycles. The molecule has 0 radical (unpaired) electrons. The van der Waals surface area contributed by atoms with Crippen molar-refractivity contribution in [3.63, 3.8) is 0 Å². The van der Waals surface area contributed by atoms with Crippen molar-refractivity contribution in [2.45, 2.75) is 17.5 Å². The van der Waals surface area contributed by atoms with Crippen LogP contribution in [0.15, 0.2) is 71.1 Å². The summed E-state index contributed by atoms with van der Waals surface area (Å²) < 4.78 is 36.9. The maximum absolute atomic E-state index is 12.2. The summed E-state index contributed by atoms with van der Waals surface area (Å²) in [6, 6.07) is 13.6. The first kappa shape index (κ1) is 24.3. The first-order valence-corrected chi connectivity index (χ1v) is 12.1. The van der Waals surface area contributed by atoms with Crippen LogP contribution in [0.5, 0.6) is 5.75 Å².